The van der Waals surface area contributed by atoms with Crippen LogP contribution >= 0.6 is 0 Å². The van der Waals surface area contributed by atoms with Gasteiger partial charge in [-0.05, 0) is 60.3 Å². The fourth-order valence-corrected chi connectivity index (χ4v) is 5.03. The number of fused-ring (bicyclic) bond motifs is 3. The van der Waals surface area contributed by atoms with Crippen LogP contribution in [0, 0.1) is 11.8 Å². The van der Waals surface area contributed by atoms with E-state index in [1.165, 1.54) is 0 Å². The van der Waals surface area contributed by atoms with Crippen LogP contribution in [0.1, 0.15) is 56.1 Å². The molecule has 7 heteroatoms. The fraction of sp³-hybridized carbons (Fsp3) is 0.444. The Balaban J connectivity index is 1.25. The van der Waals surface area contributed by atoms with Crippen molar-refractivity contribution >= 4 is 18.0 Å². The fourth-order valence-electron chi connectivity index (χ4n) is 5.03. The summed E-state index contributed by atoms with van der Waals surface area (Å²) in [5.41, 5.74) is 3.20. The SMILES string of the molecule is CC(NC(=O)C(CC1CC1)NC(=O)OCC1c2ccccc2-c2ccccc21)(C(=O)O)C1CC1. The maximum absolute atomic E-state index is 13.0. The predicted molar refractivity (Wildman–Crippen MR) is 126 cm³/mol. The van der Waals surface area contributed by atoms with Gasteiger partial charge in [0.15, 0.2) is 0 Å². The number of carboxylic acids is 1. The first kappa shape index (κ1) is 22.4. The number of hydrogen-bond acceptors (Lipinski definition) is 4. The minimum Gasteiger partial charge on any atom is -0.480 e. The molecule has 34 heavy (non-hydrogen) atoms. The molecule has 5 rings (SSSR count). The van der Waals surface area contributed by atoms with E-state index < -0.39 is 29.6 Å². The van der Waals surface area contributed by atoms with Crippen LogP contribution in [0.4, 0.5) is 4.79 Å². The van der Waals surface area contributed by atoms with Gasteiger partial charge in [-0.25, -0.2) is 9.59 Å². The summed E-state index contributed by atoms with van der Waals surface area (Å²) < 4.78 is 5.61. The Hall–Kier alpha value is -3.35. The Labute approximate surface area is 198 Å². The largest absolute Gasteiger partial charge is 0.480 e. The average molecular weight is 463 g/mol. The third kappa shape index (κ3) is 4.39. The number of hydrogen-bond donors (Lipinski definition) is 3. The smallest absolute Gasteiger partial charge is 0.407 e. The lowest BCUT2D eigenvalue weighted by Gasteiger charge is -2.29. The summed E-state index contributed by atoms with van der Waals surface area (Å²) in [6.45, 7) is 1.71. The third-order valence-electron chi connectivity index (χ3n) is 7.44. The predicted octanol–water partition coefficient (Wildman–Crippen LogP) is 4.06. The summed E-state index contributed by atoms with van der Waals surface area (Å²) in [5, 5.41) is 15.1. The molecule has 2 aromatic carbocycles. The van der Waals surface area contributed by atoms with Gasteiger partial charge in [-0.15, -0.1) is 0 Å². The van der Waals surface area contributed by atoms with Crippen LogP contribution in [0.2, 0.25) is 0 Å². The molecule has 3 aliphatic carbocycles. The van der Waals surface area contributed by atoms with Crippen LogP contribution in [0.3, 0.4) is 0 Å². The molecule has 2 atom stereocenters. The summed E-state index contributed by atoms with van der Waals surface area (Å²) in [6.07, 6.45) is 3.39. The maximum atomic E-state index is 13.0. The zero-order valence-corrected chi connectivity index (χ0v) is 19.3. The molecule has 2 unspecified atom stereocenters. The van der Waals surface area contributed by atoms with E-state index in [9.17, 15) is 19.5 Å². The number of benzene rings is 2. The highest BCUT2D eigenvalue weighted by atomic mass is 16.5. The van der Waals surface area contributed by atoms with Crippen molar-refractivity contribution in [3.05, 3.63) is 59.7 Å². The van der Waals surface area contributed by atoms with Gasteiger partial charge in [-0.1, -0.05) is 61.4 Å². The number of aliphatic carboxylic acids is 1. The van der Waals surface area contributed by atoms with Crippen LogP contribution in [0.25, 0.3) is 11.1 Å². The number of carbonyl (C=O) groups is 3. The molecule has 178 valence electrons. The molecule has 0 radical (unpaired) electrons. The molecule has 7 nitrogen and oxygen atoms in total. The maximum Gasteiger partial charge on any atom is 0.407 e. The molecule has 0 saturated heterocycles. The van der Waals surface area contributed by atoms with Gasteiger partial charge >= 0.3 is 12.1 Å². The standard InChI is InChI=1S/C27H30N2O5/c1-27(25(31)32,17-12-13-17)29-24(30)23(14-16-10-11-16)28-26(33)34-15-22-20-8-4-2-6-18(20)19-7-3-5-9-21(19)22/h2-9,16-17,22-23H,10-15H2,1H3,(H,28,33)(H,29,30)(H,31,32). The van der Waals surface area contributed by atoms with Gasteiger partial charge in [0.25, 0.3) is 0 Å². The van der Waals surface area contributed by atoms with E-state index >= 15 is 0 Å². The summed E-state index contributed by atoms with van der Waals surface area (Å²) in [4.78, 5) is 37.6. The first-order valence-corrected chi connectivity index (χ1v) is 12.0. The Bertz CT molecular complexity index is 1080. The van der Waals surface area contributed by atoms with Crippen molar-refractivity contribution in [3.8, 4) is 11.1 Å². The molecule has 2 amide bonds. The van der Waals surface area contributed by atoms with Crippen LogP contribution in [-0.2, 0) is 14.3 Å². The van der Waals surface area contributed by atoms with Crippen LogP contribution < -0.4 is 10.6 Å². The van der Waals surface area contributed by atoms with Gasteiger partial charge < -0.3 is 20.5 Å². The molecule has 2 fully saturated rings. The highest BCUT2D eigenvalue weighted by molar-refractivity contribution is 5.91. The first-order valence-electron chi connectivity index (χ1n) is 12.0. The van der Waals surface area contributed by atoms with Crippen molar-refractivity contribution in [1.82, 2.24) is 10.6 Å². The average Bonchev–Trinajstić information content (AvgIpc) is 3.75. The van der Waals surface area contributed by atoms with Gasteiger partial charge in [0, 0.05) is 5.92 Å². The molecule has 2 saturated carbocycles. The van der Waals surface area contributed by atoms with Crippen molar-refractivity contribution in [3.63, 3.8) is 0 Å². The van der Waals surface area contributed by atoms with Crippen LogP contribution in [0.5, 0.6) is 0 Å². The lowest BCUT2D eigenvalue weighted by Crippen LogP contribution is -2.59. The normalized spacial score (nSPS) is 19.3. The lowest BCUT2D eigenvalue weighted by molar-refractivity contribution is -0.148. The van der Waals surface area contributed by atoms with Gasteiger partial charge in [-0.3, -0.25) is 4.79 Å². The molecular weight excluding hydrogens is 432 g/mol. The van der Waals surface area contributed by atoms with Crippen molar-refractivity contribution in [2.75, 3.05) is 6.61 Å². The molecule has 0 aromatic heterocycles. The second-order valence-electron chi connectivity index (χ2n) is 9.97. The molecule has 3 aliphatic rings. The van der Waals surface area contributed by atoms with E-state index in [2.05, 4.69) is 34.9 Å². The Morgan fingerprint density at radius 3 is 2.12 bits per heavy atom. The zero-order valence-electron chi connectivity index (χ0n) is 19.3. The monoisotopic (exact) mass is 462 g/mol. The lowest BCUT2D eigenvalue weighted by atomic mass is 9.95. The summed E-state index contributed by atoms with van der Waals surface area (Å²) >= 11 is 0. The quantitative estimate of drug-likeness (QED) is 0.521. The zero-order chi connectivity index (χ0) is 23.9. The second kappa shape index (κ2) is 8.78. The highest BCUT2D eigenvalue weighted by Gasteiger charge is 2.49. The third-order valence-corrected chi connectivity index (χ3v) is 7.44. The minimum absolute atomic E-state index is 0.0703. The van der Waals surface area contributed by atoms with E-state index in [0.717, 1.165) is 47.9 Å². The number of alkyl carbamates (subject to hydrolysis) is 1. The number of carbonyl (C=O) groups excluding carboxylic acids is 2. The number of amides is 2. The van der Waals surface area contributed by atoms with Crippen LogP contribution in [0.15, 0.2) is 48.5 Å². The van der Waals surface area contributed by atoms with E-state index in [-0.39, 0.29) is 18.4 Å². The van der Waals surface area contributed by atoms with E-state index in [0.29, 0.717) is 12.3 Å². The van der Waals surface area contributed by atoms with Gasteiger partial charge in [0.1, 0.15) is 18.2 Å². The minimum atomic E-state index is -1.32. The van der Waals surface area contributed by atoms with Crippen molar-refractivity contribution in [1.29, 1.82) is 0 Å². The highest BCUT2D eigenvalue weighted by Crippen LogP contribution is 2.44. The molecule has 0 spiro atoms. The van der Waals surface area contributed by atoms with Crippen molar-refractivity contribution < 1.29 is 24.2 Å². The van der Waals surface area contributed by atoms with E-state index in [4.69, 9.17) is 4.74 Å². The summed E-state index contributed by atoms with van der Waals surface area (Å²) in [5.74, 6) is -1.29. The van der Waals surface area contributed by atoms with Crippen molar-refractivity contribution in [2.45, 2.75) is 56.5 Å². The molecule has 2 aromatic rings. The summed E-state index contributed by atoms with van der Waals surface area (Å²) in [7, 11) is 0. The first-order chi connectivity index (χ1) is 16.4. The van der Waals surface area contributed by atoms with E-state index in [1.54, 1.807) is 6.92 Å². The second-order valence-corrected chi connectivity index (χ2v) is 9.97. The van der Waals surface area contributed by atoms with Gasteiger partial charge in [-0.2, -0.15) is 0 Å². The Kier molecular flexibility index (Phi) is 5.80. The number of rotatable bonds is 9. The topological polar surface area (TPSA) is 105 Å². The van der Waals surface area contributed by atoms with E-state index in [1.807, 2.05) is 24.3 Å². The van der Waals surface area contributed by atoms with Gasteiger partial charge in [0.05, 0.1) is 0 Å². The summed E-state index contributed by atoms with van der Waals surface area (Å²) in [6, 6.07) is 15.4. The molecule has 0 heterocycles. The molecule has 0 bridgehead atoms. The van der Waals surface area contributed by atoms with Crippen molar-refractivity contribution in [2.24, 2.45) is 11.8 Å². The molecule has 0 aliphatic heterocycles. The number of nitrogens with one attached hydrogen (secondary N) is 2. The Morgan fingerprint density at radius 2 is 1.59 bits per heavy atom. The van der Waals surface area contributed by atoms with Gasteiger partial charge in [0.2, 0.25) is 5.91 Å². The number of ether oxygens (including phenoxy) is 1. The molecule has 3 N–H and O–H groups in total. The molecular formula is C27H30N2O5. The van der Waals surface area contributed by atoms with Crippen LogP contribution in [-0.4, -0.2) is 41.3 Å². The Morgan fingerprint density at radius 1 is 1.00 bits per heavy atom. The number of carboxylic acid groups (broad SMARTS) is 1.